The van der Waals surface area contributed by atoms with Gasteiger partial charge in [0.1, 0.15) is 0 Å². The van der Waals surface area contributed by atoms with Gasteiger partial charge in [-0.3, -0.25) is 4.79 Å². The Morgan fingerprint density at radius 2 is 2.08 bits per heavy atom. The molecule has 1 heteroatoms. The third-order valence-corrected chi connectivity index (χ3v) is 3.85. The number of Topliss-reactive ketones (excluding diaryl/α,β-unsaturated/α-hetero) is 1. The van der Waals surface area contributed by atoms with Gasteiger partial charge in [-0.15, -0.1) is 0 Å². The molecule has 0 aromatic carbocycles. The van der Waals surface area contributed by atoms with Gasteiger partial charge >= 0.3 is 0 Å². The van der Waals surface area contributed by atoms with Crippen molar-refractivity contribution in [2.45, 2.75) is 27.2 Å². The Balaban J connectivity index is 2.27. The first-order valence-corrected chi connectivity index (χ1v) is 4.69. The molecule has 0 saturated heterocycles. The number of ketones is 1. The summed E-state index contributed by atoms with van der Waals surface area (Å²) in [5.74, 6) is 1.70. The van der Waals surface area contributed by atoms with Gasteiger partial charge in [-0.05, 0) is 29.2 Å². The van der Waals surface area contributed by atoms with Crippen molar-refractivity contribution < 1.29 is 4.79 Å². The maximum Gasteiger partial charge on any atom is 0.162 e. The number of hydrogen-bond donors (Lipinski definition) is 0. The Bertz CT molecular complexity index is 262. The lowest BCUT2D eigenvalue weighted by Gasteiger charge is -2.17. The van der Waals surface area contributed by atoms with Gasteiger partial charge in [0, 0.05) is 5.92 Å². The summed E-state index contributed by atoms with van der Waals surface area (Å²) in [6.07, 6.45) is 1.17. The molecule has 2 fully saturated rings. The summed E-state index contributed by atoms with van der Waals surface area (Å²) in [6, 6.07) is 0. The Labute approximate surface area is 73.8 Å². The van der Waals surface area contributed by atoms with Crippen molar-refractivity contribution in [1.29, 1.82) is 0 Å². The van der Waals surface area contributed by atoms with Crippen LogP contribution in [0.25, 0.3) is 0 Å². The maximum absolute atomic E-state index is 11.7. The lowest BCUT2D eigenvalue weighted by atomic mass is 9.86. The summed E-state index contributed by atoms with van der Waals surface area (Å²) in [7, 11) is 0. The Morgan fingerprint density at radius 1 is 1.50 bits per heavy atom. The zero-order chi connectivity index (χ0) is 9.09. The summed E-state index contributed by atoms with van der Waals surface area (Å²) < 4.78 is 0. The van der Waals surface area contributed by atoms with Crippen LogP contribution in [0.1, 0.15) is 27.2 Å². The standard InChI is InChI=1S/C11H16O/c1-6-5-8-9(11(8,3)4)10(12)7(6)2/h6,8-9H,2,5H2,1,3-4H3/t6-,8+,9+/m1/s1. The van der Waals surface area contributed by atoms with Crippen LogP contribution < -0.4 is 0 Å². The number of hydrogen-bond acceptors (Lipinski definition) is 1. The fourth-order valence-electron chi connectivity index (χ4n) is 2.67. The molecule has 2 aliphatic carbocycles. The van der Waals surface area contributed by atoms with Crippen LogP contribution in [0.5, 0.6) is 0 Å². The van der Waals surface area contributed by atoms with Gasteiger partial charge in [0.25, 0.3) is 0 Å². The fraction of sp³-hybridized carbons (Fsp3) is 0.727. The van der Waals surface area contributed by atoms with E-state index in [0.717, 1.165) is 5.57 Å². The molecule has 3 atom stereocenters. The zero-order valence-corrected chi connectivity index (χ0v) is 8.05. The van der Waals surface area contributed by atoms with Crippen molar-refractivity contribution in [3.8, 4) is 0 Å². The van der Waals surface area contributed by atoms with E-state index >= 15 is 0 Å². The molecule has 2 saturated carbocycles. The second-order valence-corrected chi connectivity index (χ2v) is 4.93. The van der Waals surface area contributed by atoms with E-state index in [9.17, 15) is 4.79 Å². The molecule has 0 aromatic heterocycles. The molecule has 0 bridgehead atoms. The van der Waals surface area contributed by atoms with Crippen molar-refractivity contribution in [1.82, 2.24) is 0 Å². The highest BCUT2D eigenvalue weighted by molar-refractivity contribution is 6.00. The summed E-state index contributed by atoms with van der Waals surface area (Å²) in [5, 5.41) is 0. The second kappa shape index (κ2) is 2.01. The van der Waals surface area contributed by atoms with E-state index in [0.29, 0.717) is 23.5 Å². The molecule has 2 rings (SSSR count). The highest BCUT2D eigenvalue weighted by Crippen LogP contribution is 2.64. The van der Waals surface area contributed by atoms with Crippen LogP contribution in [0.15, 0.2) is 12.2 Å². The average molecular weight is 164 g/mol. The number of fused-ring (bicyclic) bond motifs is 1. The van der Waals surface area contributed by atoms with Gasteiger partial charge in [0.2, 0.25) is 0 Å². The molecule has 0 heterocycles. The van der Waals surface area contributed by atoms with E-state index in [4.69, 9.17) is 0 Å². The SMILES string of the molecule is C=C1C(=O)[C@@H]2[C@H](C[C@H]1C)C2(C)C. The van der Waals surface area contributed by atoms with Gasteiger partial charge < -0.3 is 0 Å². The Morgan fingerprint density at radius 3 is 2.67 bits per heavy atom. The molecule has 0 amide bonds. The summed E-state index contributed by atoms with van der Waals surface area (Å²) in [5.41, 5.74) is 1.13. The topological polar surface area (TPSA) is 17.1 Å². The first-order chi connectivity index (χ1) is 5.46. The van der Waals surface area contributed by atoms with Crippen molar-refractivity contribution in [3.63, 3.8) is 0 Å². The van der Waals surface area contributed by atoms with Crippen molar-refractivity contribution in [3.05, 3.63) is 12.2 Å². The normalized spacial score (nSPS) is 44.1. The van der Waals surface area contributed by atoms with E-state index in [-0.39, 0.29) is 5.41 Å². The monoisotopic (exact) mass is 164 g/mol. The van der Waals surface area contributed by atoms with Crippen molar-refractivity contribution >= 4 is 5.78 Å². The summed E-state index contributed by atoms with van der Waals surface area (Å²) in [6.45, 7) is 10.4. The number of rotatable bonds is 0. The van der Waals surface area contributed by atoms with Gasteiger partial charge in [-0.1, -0.05) is 27.4 Å². The molecule has 66 valence electrons. The fourth-order valence-corrected chi connectivity index (χ4v) is 2.67. The van der Waals surface area contributed by atoms with E-state index in [1.165, 1.54) is 6.42 Å². The second-order valence-electron chi connectivity index (χ2n) is 4.93. The van der Waals surface area contributed by atoms with Crippen LogP contribution in [0, 0.1) is 23.2 Å². The molecule has 0 radical (unpaired) electrons. The summed E-state index contributed by atoms with van der Waals surface area (Å²) in [4.78, 5) is 11.7. The van der Waals surface area contributed by atoms with Crippen molar-refractivity contribution in [2.75, 3.05) is 0 Å². The van der Waals surface area contributed by atoms with E-state index in [1.54, 1.807) is 0 Å². The number of carbonyl (C=O) groups excluding carboxylic acids is 1. The number of allylic oxidation sites excluding steroid dienone is 1. The third-order valence-electron chi connectivity index (χ3n) is 3.85. The van der Waals surface area contributed by atoms with Gasteiger partial charge in [-0.25, -0.2) is 0 Å². The quantitative estimate of drug-likeness (QED) is 0.502. The van der Waals surface area contributed by atoms with Gasteiger partial charge in [0.05, 0.1) is 0 Å². The molecule has 2 aliphatic rings. The zero-order valence-electron chi connectivity index (χ0n) is 8.05. The van der Waals surface area contributed by atoms with Gasteiger partial charge in [0.15, 0.2) is 5.78 Å². The van der Waals surface area contributed by atoms with Crippen LogP contribution in [-0.4, -0.2) is 5.78 Å². The molecule has 0 aromatic rings. The first-order valence-electron chi connectivity index (χ1n) is 4.69. The maximum atomic E-state index is 11.7. The van der Waals surface area contributed by atoms with E-state index in [1.807, 2.05) is 0 Å². The minimum absolute atomic E-state index is 0.269. The third kappa shape index (κ3) is 0.769. The Hall–Kier alpha value is -0.590. The Kier molecular flexibility index (Phi) is 1.35. The van der Waals surface area contributed by atoms with Crippen LogP contribution >= 0.6 is 0 Å². The van der Waals surface area contributed by atoms with Crippen LogP contribution in [0.4, 0.5) is 0 Å². The van der Waals surface area contributed by atoms with Crippen LogP contribution in [0.3, 0.4) is 0 Å². The van der Waals surface area contributed by atoms with E-state index in [2.05, 4.69) is 27.4 Å². The lowest BCUT2D eigenvalue weighted by Crippen LogP contribution is -2.18. The molecule has 0 aliphatic heterocycles. The largest absolute Gasteiger partial charge is 0.294 e. The molecule has 1 nitrogen and oxygen atoms in total. The average Bonchev–Trinajstić information content (AvgIpc) is 2.49. The minimum Gasteiger partial charge on any atom is -0.294 e. The predicted octanol–water partition coefficient (Wildman–Crippen LogP) is 2.42. The smallest absolute Gasteiger partial charge is 0.162 e. The first kappa shape index (κ1) is 8.03. The van der Waals surface area contributed by atoms with Gasteiger partial charge in [-0.2, -0.15) is 0 Å². The molecule has 0 N–H and O–H groups in total. The molecular weight excluding hydrogens is 148 g/mol. The van der Waals surface area contributed by atoms with Crippen molar-refractivity contribution in [2.24, 2.45) is 23.2 Å². The highest BCUT2D eigenvalue weighted by atomic mass is 16.1. The molecule has 0 unspecified atom stereocenters. The van der Waals surface area contributed by atoms with E-state index < -0.39 is 0 Å². The highest BCUT2D eigenvalue weighted by Gasteiger charge is 2.63. The summed E-state index contributed by atoms with van der Waals surface area (Å²) >= 11 is 0. The molecular formula is C11H16O. The lowest BCUT2D eigenvalue weighted by molar-refractivity contribution is -0.118. The number of carbonyl (C=O) groups is 1. The van der Waals surface area contributed by atoms with Crippen LogP contribution in [-0.2, 0) is 4.79 Å². The minimum atomic E-state index is 0.269. The van der Waals surface area contributed by atoms with Crippen LogP contribution in [0.2, 0.25) is 0 Å². The molecule has 0 spiro atoms. The molecule has 12 heavy (non-hydrogen) atoms. The predicted molar refractivity (Wildman–Crippen MR) is 48.7 cm³/mol.